The monoisotopic (exact) mass is 298 g/mol. The van der Waals surface area contributed by atoms with Crippen molar-refractivity contribution in [1.29, 1.82) is 0 Å². The molecule has 0 aliphatic heterocycles. The quantitative estimate of drug-likeness (QED) is 0.494. The van der Waals surface area contributed by atoms with Crippen molar-refractivity contribution in [3.05, 3.63) is 78.6 Å². The van der Waals surface area contributed by atoms with Crippen LogP contribution in [0.2, 0.25) is 0 Å². The van der Waals surface area contributed by atoms with E-state index in [1.165, 1.54) is 33.1 Å². The molecule has 0 saturated heterocycles. The standard InChI is InChI=1S/C21H18N2/c1-3-8-16-17-11-12-20-18(21(17)22-19(16)4-2)13-14-23(20)15-9-6-5-7-10-15/h3-14,22H,2H2,1H3/b8-3-. The molecule has 112 valence electrons. The second kappa shape index (κ2) is 5.33. The van der Waals surface area contributed by atoms with Crippen LogP contribution in [0.25, 0.3) is 39.6 Å². The fourth-order valence-corrected chi connectivity index (χ4v) is 3.24. The van der Waals surface area contributed by atoms with E-state index < -0.39 is 0 Å². The molecule has 2 heterocycles. The maximum absolute atomic E-state index is 3.93. The summed E-state index contributed by atoms with van der Waals surface area (Å²) in [5.41, 5.74) is 5.81. The topological polar surface area (TPSA) is 20.7 Å². The van der Waals surface area contributed by atoms with Crippen LogP contribution in [0, 0.1) is 0 Å². The van der Waals surface area contributed by atoms with E-state index in [0.29, 0.717) is 0 Å². The van der Waals surface area contributed by atoms with Crippen LogP contribution in [0.15, 0.2) is 67.4 Å². The number of H-pyrrole nitrogens is 1. The molecule has 0 amide bonds. The molecule has 0 aliphatic rings. The summed E-state index contributed by atoms with van der Waals surface area (Å²) in [6.45, 7) is 5.97. The lowest BCUT2D eigenvalue weighted by molar-refractivity contribution is 1.13. The fourth-order valence-electron chi connectivity index (χ4n) is 3.24. The lowest BCUT2D eigenvalue weighted by Gasteiger charge is -2.05. The summed E-state index contributed by atoms with van der Waals surface area (Å²) in [6, 6.07) is 17.0. The first-order chi connectivity index (χ1) is 11.3. The number of fused-ring (bicyclic) bond motifs is 3. The van der Waals surface area contributed by atoms with Crippen molar-refractivity contribution in [3.8, 4) is 5.69 Å². The molecule has 4 aromatic rings. The molecule has 0 unspecified atom stereocenters. The highest BCUT2D eigenvalue weighted by Gasteiger charge is 2.12. The zero-order valence-corrected chi connectivity index (χ0v) is 13.1. The van der Waals surface area contributed by atoms with Crippen molar-refractivity contribution in [2.45, 2.75) is 6.92 Å². The van der Waals surface area contributed by atoms with Crippen molar-refractivity contribution in [2.24, 2.45) is 0 Å². The molecular formula is C21H18N2. The molecule has 23 heavy (non-hydrogen) atoms. The Morgan fingerprint density at radius 1 is 1.00 bits per heavy atom. The Labute approximate surface area is 135 Å². The largest absolute Gasteiger partial charge is 0.354 e. The van der Waals surface area contributed by atoms with Crippen molar-refractivity contribution in [3.63, 3.8) is 0 Å². The van der Waals surface area contributed by atoms with Gasteiger partial charge in [-0.2, -0.15) is 0 Å². The van der Waals surface area contributed by atoms with Crippen LogP contribution in [0.1, 0.15) is 18.2 Å². The van der Waals surface area contributed by atoms with Crippen LogP contribution < -0.4 is 0 Å². The summed E-state index contributed by atoms with van der Waals surface area (Å²) in [7, 11) is 0. The van der Waals surface area contributed by atoms with Crippen LogP contribution in [0.5, 0.6) is 0 Å². The molecule has 0 atom stereocenters. The van der Waals surface area contributed by atoms with Crippen LogP contribution in [0.4, 0.5) is 0 Å². The van der Waals surface area contributed by atoms with Gasteiger partial charge in [0.1, 0.15) is 0 Å². The van der Waals surface area contributed by atoms with Gasteiger partial charge in [0.05, 0.1) is 11.0 Å². The molecule has 2 heteroatoms. The summed E-state index contributed by atoms with van der Waals surface area (Å²) < 4.78 is 2.22. The maximum atomic E-state index is 3.93. The average molecular weight is 298 g/mol. The van der Waals surface area contributed by atoms with Gasteiger partial charge in [-0.15, -0.1) is 0 Å². The minimum atomic E-state index is 1.07. The Kier molecular flexibility index (Phi) is 3.16. The average Bonchev–Trinajstić information content (AvgIpc) is 3.17. The third-order valence-electron chi connectivity index (χ3n) is 4.28. The molecule has 0 saturated carbocycles. The smallest absolute Gasteiger partial charge is 0.0560 e. The van der Waals surface area contributed by atoms with Crippen molar-refractivity contribution in [1.82, 2.24) is 9.55 Å². The summed E-state index contributed by atoms with van der Waals surface area (Å²) in [6.07, 6.45) is 8.21. The minimum absolute atomic E-state index is 1.07. The zero-order chi connectivity index (χ0) is 15.8. The van der Waals surface area contributed by atoms with Crippen molar-refractivity contribution >= 4 is 34.0 Å². The molecule has 2 aromatic carbocycles. The second-order valence-corrected chi connectivity index (χ2v) is 5.60. The van der Waals surface area contributed by atoms with Crippen LogP contribution in [-0.2, 0) is 0 Å². The molecular weight excluding hydrogens is 280 g/mol. The van der Waals surface area contributed by atoms with Crippen LogP contribution in [0.3, 0.4) is 0 Å². The van der Waals surface area contributed by atoms with Gasteiger partial charge >= 0.3 is 0 Å². The number of aromatic amines is 1. The summed E-state index contributed by atoms with van der Waals surface area (Å²) in [5, 5.41) is 2.46. The van der Waals surface area contributed by atoms with Gasteiger partial charge in [-0.25, -0.2) is 0 Å². The van der Waals surface area contributed by atoms with Gasteiger partial charge in [0, 0.05) is 33.9 Å². The molecule has 1 N–H and O–H groups in total. The molecule has 0 spiro atoms. The van der Waals surface area contributed by atoms with Crippen molar-refractivity contribution < 1.29 is 0 Å². The minimum Gasteiger partial charge on any atom is -0.354 e. The van der Waals surface area contributed by atoms with Gasteiger partial charge < -0.3 is 9.55 Å². The summed E-state index contributed by atoms with van der Waals surface area (Å²) in [5.74, 6) is 0. The first-order valence-corrected chi connectivity index (χ1v) is 7.80. The van der Waals surface area contributed by atoms with E-state index in [2.05, 4.69) is 76.9 Å². The van der Waals surface area contributed by atoms with E-state index in [1.807, 2.05) is 19.1 Å². The van der Waals surface area contributed by atoms with Crippen LogP contribution >= 0.6 is 0 Å². The number of rotatable bonds is 3. The number of hydrogen-bond acceptors (Lipinski definition) is 0. The van der Waals surface area contributed by atoms with E-state index >= 15 is 0 Å². The molecule has 4 rings (SSSR count). The van der Waals surface area contributed by atoms with Gasteiger partial charge in [-0.3, -0.25) is 0 Å². The van der Waals surface area contributed by atoms with Gasteiger partial charge in [-0.05, 0) is 37.3 Å². The SMILES string of the molecule is C=Cc1[nH]c2c(ccc3c2ccn3-c2ccccc2)c1/C=C\C. The Hall–Kier alpha value is -3.00. The molecule has 0 aliphatic carbocycles. The Morgan fingerprint density at radius 2 is 1.83 bits per heavy atom. The lowest BCUT2D eigenvalue weighted by Crippen LogP contribution is -1.90. The van der Waals surface area contributed by atoms with Gasteiger partial charge in [0.25, 0.3) is 0 Å². The number of para-hydroxylation sites is 1. The summed E-state index contributed by atoms with van der Waals surface area (Å²) in [4.78, 5) is 3.52. The molecule has 0 radical (unpaired) electrons. The number of benzene rings is 2. The Bertz CT molecular complexity index is 1030. The highest BCUT2D eigenvalue weighted by Crippen LogP contribution is 2.32. The number of nitrogens with zero attached hydrogens (tertiary/aromatic N) is 1. The van der Waals surface area contributed by atoms with E-state index in [0.717, 1.165) is 5.69 Å². The molecule has 2 nitrogen and oxygen atoms in total. The highest BCUT2D eigenvalue weighted by atomic mass is 15.0. The number of hydrogen-bond donors (Lipinski definition) is 1. The normalized spacial score (nSPS) is 11.7. The predicted molar refractivity (Wildman–Crippen MR) is 99.9 cm³/mol. The Balaban J connectivity index is 2.04. The molecule has 2 aromatic heterocycles. The maximum Gasteiger partial charge on any atom is 0.0560 e. The predicted octanol–water partition coefficient (Wildman–Crippen LogP) is 5.79. The van der Waals surface area contributed by atoms with E-state index in [-0.39, 0.29) is 0 Å². The van der Waals surface area contributed by atoms with Crippen LogP contribution in [-0.4, -0.2) is 9.55 Å². The third kappa shape index (κ3) is 2.03. The van der Waals surface area contributed by atoms with Gasteiger partial charge in [0.2, 0.25) is 0 Å². The third-order valence-corrected chi connectivity index (χ3v) is 4.28. The van der Waals surface area contributed by atoms with Gasteiger partial charge in [0.15, 0.2) is 0 Å². The zero-order valence-electron chi connectivity index (χ0n) is 13.1. The van der Waals surface area contributed by atoms with Crippen molar-refractivity contribution in [2.75, 3.05) is 0 Å². The highest BCUT2D eigenvalue weighted by molar-refractivity contribution is 6.09. The Morgan fingerprint density at radius 3 is 2.57 bits per heavy atom. The van der Waals surface area contributed by atoms with E-state index in [1.54, 1.807) is 0 Å². The summed E-state index contributed by atoms with van der Waals surface area (Å²) >= 11 is 0. The first-order valence-electron chi connectivity index (χ1n) is 7.80. The number of allylic oxidation sites excluding steroid dienone is 1. The number of aromatic nitrogens is 2. The van der Waals surface area contributed by atoms with E-state index in [4.69, 9.17) is 0 Å². The van der Waals surface area contributed by atoms with Gasteiger partial charge in [-0.1, -0.05) is 43.0 Å². The lowest BCUT2D eigenvalue weighted by atomic mass is 10.1. The van der Waals surface area contributed by atoms with E-state index in [9.17, 15) is 0 Å². The molecule has 0 fully saturated rings. The number of nitrogens with one attached hydrogen (secondary N) is 1. The first kappa shape index (κ1) is 13.6. The molecule has 0 bridgehead atoms. The second-order valence-electron chi connectivity index (χ2n) is 5.60. The fraction of sp³-hybridized carbons (Fsp3) is 0.0476.